The van der Waals surface area contributed by atoms with Crippen molar-refractivity contribution in [2.24, 2.45) is 0 Å². The van der Waals surface area contributed by atoms with Crippen LogP contribution in [-0.4, -0.2) is 32.3 Å². The number of anilines is 3. The molecule has 1 fully saturated rings. The molecular formula is C20H23N5O2. The summed E-state index contributed by atoms with van der Waals surface area (Å²) in [5, 5.41) is 13.9. The van der Waals surface area contributed by atoms with E-state index in [9.17, 15) is 5.11 Å². The van der Waals surface area contributed by atoms with Crippen LogP contribution in [-0.2, 0) is 0 Å². The molecule has 0 amide bonds. The molecular weight excluding hydrogens is 342 g/mol. The number of hydrogen-bond donors (Lipinski definition) is 3. The third-order valence-corrected chi connectivity index (χ3v) is 4.90. The van der Waals surface area contributed by atoms with E-state index >= 15 is 0 Å². The molecule has 4 rings (SSSR count). The number of aliphatic hydroxyl groups excluding tert-OH is 1. The van der Waals surface area contributed by atoms with Crippen molar-refractivity contribution in [3.05, 3.63) is 42.4 Å². The molecule has 1 saturated carbocycles. The standard InChI is InChI=1S/C20H23N5O2/c1-12-9-13(21)10-17-18(12)19(24-11-23-17)25-16-3-2-8-22-20(16)27-15-6-4-14(26)5-7-15/h2-3,8-11,14-15,26H,4-7,21H2,1H3,(H,23,24,25). The number of aromatic nitrogens is 3. The number of nitrogens with two attached hydrogens (primary N) is 1. The Hall–Kier alpha value is -2.93. The van der Waals surface area contributed by atoms with Gasteiger partial charge in [0.2, 0.25) is 5.88 Å². The minimum Gasteiger partial charge on any atom is -0.473 e. The zero-order chi connectivity index (χ0) is 18.8. The van der Waals surface area contributed by atoms with Gasteiger partial charge in [0.05, 0.1) is 11.6 Å². The van der Waals surface area contributed by atoms with Gasteiger partial charge in [0.1, 0.15) is 23.9 Å². The maximum atomic E-state index is 9.68. The first kappa shape index (κ1) is 17.5. The molecule has 140 valence electrons. The number of benzene rings is 1. The molecule has 0 saturated heterocycles. The largest absolute Gasteiger partial charge is 0.473 e. The Morgan fingerprint density at radius 3 is 2.78 bits per heavy atom. The van der Waals surface area contributed by atoms with Crippen LogP contribution in [0.1, 0.15) is 31.2 Å². The van der Waals surface area contributed by atoms with E-state index < -0.39 is 0 Å². The molecule has 7 nitrogen and oxygen atoms in total. The van der Waals surface area contributed by atoms with Gasteiger partial charge in [-0.15, -0.1) is 0 Å². The SMILES string of the molecule is Cc1cc(N)cc2ncnc(Nc3cccnc3OC3CCC(O)CC3)c12. The minimum absolute atomic E-state index is 0.0625. The highest BCUT2D eigenvalue weighted by atomic mass is 16.5. The van der Waals surface area contributed by atoms with E-state index in [4.69, 9.17) is 10.5 Å². The Bertz CT molecular complexity index is 954. The van der Waals surface area contributed by atoms with E-state index in [2.05, 4.69) is 20.3 Å². The van der Waals surface area contributed by atoms with Crippen LogP contribution < -0.4 is 15.8 Å². The molecule has 3 aromatic rings. The Morgan fingerprint density at radius 1 is 1.15 bits per heavy atom. The van der Waals surface area contributed by atoms with Crippen LogP contribution in [0.2, 0.25) is 0 Å². The Labute approximate surface area is 157 Å². The molecule has 1 aromatic carbocycles. The number of aryl methyl sites for hydroxylation is 1. The minimum atomic E-state index is -0.214. The van der Waals surface area contributed by atoms with Gasteiger partial charge >= 0.3 is 0 Å². The number of nitrogen functional groups attached to an aromatic ring is 1. The molecule has 27 heavy (non-hydrogen) atoms. The maximum absolute atomic E-state index is 9.68. The van der Waals surface area contributed by atoms with Crippen molar-refractivity contribution >= 4 is 28.1 Å². The molecule has 2 aromatic heterocycles. The van der Waals surface area contributed by atoms with E-state index in [-0.39, 0.29) is 12.2 Å². The summed E-state index contributed by atoms with van der Waals surface area (Å²) in [5.41, 5.74) is 9.15. The molecule has 0 atom stereocenters. The van der Waals surface area contributed by atoms with Crippen LogP contribution in [0.25, 0.3) is 10.9 Å². The second-order valence-corrected chi connectivity index (χ2v) is 6.98. The molecule has 2 heterocycles. The summed E-state index contributed by atoms with van der Waals surface area (Å²) >= 11 is 0. The zero-order valence-corrected chi connectivity index (χ0v) is 15.2. The molecule has 0 spiro atoms. The van der Waals surface area contributed by atoms with Crippen molar-refractivity contribution in [2.75, 3.05) is 11.1 Å². The van der Waals surface area contributed by atoms with E-state index in [1.807, 2.05) is 31.2 Å². The molecule has 0 radical (unpaired) electrons. The maximum Gasteiger partial charge on any atom is 0.238 e. The van der Waals surface area contributed by atoms with Gasteiger partial charge in [-0.3, -0.25) is 0 Å². The number of fused-ring (bicyclic) bond motifs is 1. The Kier molecular flexibility index (Phi) is 4.77. The van der Waals surface area contributed by atoms with Gasteiger partial charge in [-0.2, -0.15) is 0 Å². The lowest BCUT2D eigenvalue weighted by Crippen LogP contribution is -2.27. The number of aliphatic hydroxyl groups is 1. The van der Waals surface area contributed by atoms with Crippen LogP contribution in [0, 0.1) is 6.92 Å². The van der Waals surface area contributed by atoms with E-state index in [0.29, 0.717) is 17.4 Å². The third-order valence-electron chi connectivity index (χ3n) is 4.90. The van der Waals surface area contributed by atoms with Crippen LogP contribution in [0.4, 0.5) is 17.2 Å². The number of rotatable bonds is 4. The fraction of sp³-hybridized carbons (Fsp3) is 0.350. The topological polar surface area (TPSA) is 106 Å². The summed E-state index contributed by atoms with van der Waals surface area (Å²) in [6, 6.07) is 7.52. The predicted molar refractivity (Wildman–Crippen MR) is 105 cm³/mol. The summed E-state index contributed by atoms with van der Waals surface area (Å²) in [6.45, 7) is 1.99. The third kappa shape index (κ3) is 3.78. The summed E-state index contributed by atoms with van der Waals surface area (Å²) < 4.78 is 6.12. The smallest absolute Gasteiger partial charge is 0.238 e. The quantitative estimate of drug-likeness (QED) is 0.609. The van der Waals surface area contributed by atoms with Crippen molar-refractivity contribution in [1.82, 2.24) is 15.0 Å². The van der Waals surface area contributed by atoms with E-state index in [0.717, 1.165) is 47.8 Å². The first-order valence-corrected chi connectivity index (χ1v) is 9.18. The molecule has 1 aliphatic carbocycles. The second kappa shape index (κ2) is 7.36. The molecule has 7 heteroatoms. The van der Waals surface area contributed by atoms with Crippen LogP contribution in [0.15, 0.2) is 36.8 Å². The van der Waals surface area contributed by atoms with Crippen molar-refractivity contribution < 1.29 is 9.84 Å². The van der Waals surface area contributed by atoms with Crippen molar-refractivity contribution in [1.29, 1.82) is 0 Å². The van der Waals surface area contributed by atoms with Crippen LogP contribution in [0.5, 0.6) is 5.88 Å². The van der Waals surface area contributed by atoms with Gasteiger partial charge in [-0.1, -0.05) is 0 Å². The lowest BCUT2D eigenvalue weighted by Gasteiger charge is -2.26. The average molecular weight is 365 g/mol. The Balaban J connectivity index is 1.63. The second-order valence-electron chi connectivity index (χ2n) is 6.98. The molecule has 4 N–H and O–H groups in total. The predicted octanol–water partition coefficient (Wildman–Crippen LogP) is 3.34. The summed E-state index contributed by atoms with van der Waals surface area (Å²) in [5.74, 6) is 1.23. The van der Waals surface area contributed by atoms with Gasteiger partial charge in [0.25, 0.3) is 0 Å². The number of nitrogens with zero attached hydrogens (tertiary/aromatic N) is 3. The van der Waals surface area contributed by atoms with Gasteiger partial charge < -0.3 is 20.9 Å². The monoisotopic (exact) mass is 365 g/mol. The molecule has 0 bridgehead atoms. The van der Waals surface area contributed by atoms with Gasteiger partial charge in [0.15, 0.2) is 0 Å². The lowest BCUT2D eigenvalue weighted by molar-refractivity contribution is 0.0647. The summed E-state index contributed by atoms with van der Waals surface area (Å²) in [4.78, 5) is 13.1. The number of pyridine rings is 1. The number of ether oxygens (including phenoxy) is 1. The summed E-state index contributed by atoms with van der Waals surface area (Å²) in [6.07, 6.45) is 6.25. The van der Waals surface area contributed by atoms with Gasteiger partial charge in [-0.05, 0) is 62.4 Å². The van der Waals surface area contributed by atoms with E-state index in [1.54, 1.807) is 6.20 Å². The molecule has 0 unspecified atom stereocenters. The highest BCUT2D eigenvalue weighted by Crippen LogP contribution is 2.32. The summed E-state index contributed by atoms with van der Waals surface area (Å²) in [7, 11) is 0. The molecule has 0 aliphatic heterocycles. The number of nitrogens with one attached hydrogen (secondary N) is 1. The fourth-order valence-corrected chi connectivity index (χ4v) is 3.54. The molecule has 1 aliphatic rings. The first-order chi connectivity index (χ1) is 13.1. The van der Waals surface area contributed by atoms with Crippen LogP contribution in [0.3, 0.4) is 0 Å². The first-order valence-electron chi connectivity index (χ1n) is 9.18. The normalized spacial score (nSPS) is 19.8. The van der Waals surface area contributed by atoms with Crippen molar-refractivity contribution in [2.45, 2.75) is 44.8 Å². The fourth-order valence-electron chi connectivity index (χ4n) is 3.54. The highest BCUT2D eigenvalue weighted by molar-refractivity contribution is 5.95. The van der Waals surface area contributed by atoms with Gasteiger partial charge in [-0.25, -0.2) is 15.0 Å². The number of hydrogen-bond acceptors (Lipinski definition) is 7. The Morgan fingerprint density at radius 2 is 1.96 bits per heavy atom. The van der Waals surface area contributed by atoms with Crippen molar-refractivity contribution in [3.63, 3.8) is 0 Å². The van der Waals surface area contributed by atoms with Crippen LogP contribution >= 0.6 is 0 Å². The van der Waals surface area contributed by atoms with Crippen molar-refractivity contribution in [3.8, 4) is 5.88 Å². The van der Waals surface area contributed by atoms with Gasteiger partial charge in [0, 0.05) is 17.3 Å². The average Bonchev–Trinajstić information content (AvgIpc) is 2.65. The van der Waals surface area contributed by atoms with E-state index in [1.165, 1.54) is 6.33 Å². The lowest BCUT2D eigenvalue weighted by atomic mass is 9.95. The zero-order valence-electron chi connectivity index (χ0n) is 15.2. The highest BCUT2D eigenvalue weighted by Gasteiger charge is 2.22.